The van der Waals surface area contributed by atoms with Crippen molar-refractivity contribution in [3.63, 3.8) is 0 Å². The lowest BCUT2D eigenvalue weighted by Crippen LogP contribution is -2.28. The minimum Gasteiger partial charge on any atom is -0.457 e. The Bertz CT molecular complexity index is 1040. The van der Waals surface area contributed by atoms with Crippen LogP contribution in [0.15, 0.2) is 72.9 Å². The van der Waals surface area contributed by atoms with Gasteiger partial charge in [-0.1, -0.05) is 151 Å². The van der Waals surface area contributed by atoms with Crippen LogP contribution < -0.4 is 5.73 Å². The molecule has 9 heteroatoms. The van der Waals surface area contributed by atoms with Crippen LogP contribution in [0.4, 0.5) is 0 Å². The number of esters is 1. The molecule has 0 aliphatic rings. The monoisotopic (exact) mass is 764 g/mol. The van der Waals surface area contributed by atoms with E-state index in [1.165, 1.54) is 77.0 Å². The van der Waals surface area contributed by atoms with Crippen LogP contribution in [0.3, 0.4) is 0 Å². The molecule has 0 saturated heterocycles. The predicted octanol–water partition coefficient (Wildman–Crippen LogP) is 12.4. The van der Waals surface area contributed by atoms with Crippen LogP contribution in [0.5, 0.6) is 0 Å². The van der Waals surface area contributed by atoms with Gasteiger partial charge < -0.3 is 20.1 Å². The van der Waals surface area contributed by atoms with Crippen LogP contribution in [-0.2, 0) is 27.9 Å². The first-order valence-corrected chi connectivity index (χ1v) is 22.4. The third-order valence-corrected chi connectivity index (χ3v) is 9.34. The zero-order valence-electron chi connectivity index (χ0n) is 33.7. The van der Waals surface area contributed by atoms with Gasteiger partial charge in [0.1, 0.15) is 6.10 Å². The van der Waals surface area contributed by atoms with Crippen LogP contribution >= 0.6 is 7.82 Å². The molecule has 0 aromatic heterocycles. The van der Waals surface area contributed by atoms with Gasteiger partial charge in [0.05, 0.1) is 19.8 Å². The van der Waals surface area contributed by atoms with Gasteiger partial charge in [0.15, 0.2) is 0 Å². The van der Waals surface area contributed by atoms with Crippen molar-refractivity contribution >= 4 is 13.8 Å². The van der Waals surface area contributed by atoms with Gasteiger partial charge >= 0.3 is 13.8 Å². The number of ether oxygens (including phenoxy) is 2. The Morgan fingerprint density at radius 1 is 0.585 bits per heavy atom. The third kappa shape index (κ3) is 41.0. The number of allylic oxidation sites excluding steroid dienone is 12. The molecule has 306 valence electrons. The summed E-state index contributed by atoms with van der Waals surface area (Å²) in [7, 11) is -4.30. The summed E-state index contributed by atoms with van der Waals surface area (Å²) in [4.78, 5) is 22.4. The molecule has 0 aromatic rings. The number of hydrogen-bond donors (Lipinski definition) is 2. The Morgan fingerprint density at radius 3 is 1.60 bits per heavy atom. The van der Waals surface area contributed by atoms with E-state index in [9.17, 15) is 14.3 Å². The average Bonchev–Trinajstić information content (AvgIpc) is 3.15. The minimum atomic E-state index is -4.30. The second-order valence-corrected chi connectivity index (χ2v) is 14.9. The highest BCUT2D eigenvalue weighted by Gasteiger charge is 2.25. The van der Waals surface area contributed by atoms with Crippen molar-refractivity contribution in [1.82, 2.24) is 0 Å². The number of carbonyl (C=O) groups is 1. The maximum absolute atomic E-state index is 12.5. The van der Waals surface area contributed by atoms with E-state index >= 15 is 0 Å². The topological polar surface area (TPSA) is 117 Å². The van der Waals surface area contributed by atoms with Crippen molar-refractivity contribution in [2.45, 2.75) is 168 Å². The Morgan fingerprint density at radius 2 is 1.06 bits per heavy atom. The molecular weight excluding hydrogens is 685 g/mol. The quantitative estimate of drug-likeness (QED) is 0.0275. The van der Waals surface area contributed by atoms with Crippen LogP contribution in [0.2, 0.25) is 0 Å². The normalized spacial score (nSPS) is 14.3. The van der Waals surface area contributed by atoms with Crippen LogP contribution in [0.1, 0.15) is 162 Å². The van der Waals surface area contributed by atoms with Crippen molar-refractivity contribution < 1.29 is 32.8 Å². The first-order valence-electron chi connectivity index (χ1n) is 20.9. The highest BCUT2D eigenvalue weighted by molar-refractivity contribution is 7.47. The summed E-state index contributed by atoms with van der Waals surface area (Å²) >= 11 is 0. The van der Waals surface area contributed by atoms with Gasteiger partial charge in [-0.15, -0.1) is 0 Å². The summed E-state index contributed by atoms with van der Waals surface area (Å²) in [6.07, 6.45) is 50.7. The van der Waals surface area contributed by atoms with Crippen LogP contribution in [0, 0.1) is 0 Å². The lowest BCUT2D eigenvalue weighted by molar-refractivity contribution is -0.154. The van der Waals surface area contributed by atoms with Gasteiger partial charge in [-0.2, -0.15) is 0 Å². The van der Waals surface area contributed by atoms with Gasteiger partial charge in [-0.05, 0) is 77.0 Å². The molecule has 8 nitrogen and oxygen atoms in total. The van der Waals surface area contributed by atoms with E-state index in [1.54, 1.807) is 0 Å². The molecule has 3 N–H and O–H groups in total. The molecule has 0 fully saturated rings. The summed E-state index contributed by atoms with van der Waals surface area (Å²) < 4.78 is 33.3. The number of unbranched alkanes of at least 4 members (excludes halogenated alkanes) is 14. The lowest BCUT2D eigenvalue weighted by Gasteiger charge is -2.20. The van der Waals surface area contributed by atoms with E-state index in [4.69, 9.17) is 24.3 Å². The van der Waals surface area contributed by atoms with E-state index in [0.29, 0.717) is 13.0 Å². The molecule has 0 aliphatic carbocycles. The first-order chi connectivity index (χ1) is 25.9. The Hall–Kier alpha value is -2.06. The van der Waals surface area contributed by atoms with Crippen molar-refractivity contribution in [2.75, 3.05) is 33.0 Å². The molecule has 0 radical (unpaired) electrons. The zero-order chi connectivity index (χ0) is 38.8. The molecule has 0 spiro atoms. The number of hydrogen-bond acceptors (Lipinski definition) is 7. The molecule has 0 saturated carbocycles. The first kappa shape index (κ1) is 50.9. The largest absolute Gasteiger partial charge is 0.472 e. The van der Waals surface area contributed by atoms with Crippen molar-refractivity contribution in [1.29, 1.82) is 0 Å². The molecule has 2 unspecified atom stereocenters. The lowest BCUT2D eigenvalue weighted by atomic mass is 10.1. The molecule has 0 aliphatic heterocycles. The van der Waals surface area contributed by atoms with Gasteiger partial charge in [0.2, 0.25) is 0 Å². The van der Waals surface area contributed by atoms with Crippen molar-refractivity contribution in [2.24, 2.45) is 5.73 Å². The maximum atomic E-state index is 12.5. The maximum Gasteiger partial charge on any atom is 0.472 e. The second kappa shape index (κ2) is 41.1. The smallest absolute Gasteiger partial charge is 0.457 e. The molecule has 0 rings (SSSR count). The van der Waals surface area contributed by atoms with Gasteiger partial charge in [0.25, 0.3) is 0 Å². The molecular formula is C44H78NO7P. The fraction of sp³-hybridized carbons (Fsp3) is 0.705. The SMILES string of the molecule is CC/C=C\C/C=C\C/C=C\C/C=C\C/C=C\CCCC(=O)OC(COCCCCCCCC/C=C\CCCCCCCCC)COP(=O)(O)OCCN. The van der Waals surface area contributed by atoms with Crippen LogP contribution in [-0.4, -0.2) is 49.9 Å². The minimum absolute atomic E-state index is 0.0859. The molecule has 0 heterocycles. The molecule has 0 aromatic carbocycles. The molecule has 0 amide bonds. The molecule has 2 atom stereocenters. The Balaban J connectivity index is 4.17. The van der Waals surface area contributed by atoms with E-state index in [1.807, 2.05) is 0 Å². The molecule has 0 bridgehead atoms. The second-order valence-electron chi connectivity index (χ2n) is 13.5. The van der Waals surface area contributed by atoms with E-state index in [-0.39, 0.29) is 32.8 Å². The Kier molecular flexibility index (Phi) is 39.5. The fourth-order valence-electron chi connectivity index (χ4n) is 5.32. The number of carbonyl (C=O) groups excluding carboxylic acids is 1. The van der Waals surface area contributed by atoms with Crippen molar-refractivity contribution in [3.05, 3.63) is 72.9 Å². The zero-order valence-corrected chi connectivity index (χ0v) is 34.6. The summed E-state index contributed by atoms with van der Waals surface area (Å²) in [5.74, 6) is -0.391. The number of phosphoric acid groups is 1. The third-order valence-electron chi connectivity index (χ3n) is 8.36. The van der Waals surface area contributed by atoms with Gasteiger partial charge in [-0.3, -0.25) is 13.8 Å². The fourth-order valence-corrected chi connectivity index (χ4v) is 6.08. The predicted molar refractivity (Wildman–Crippen MR) is 224 cm³/mol. The molecule has 53 heavy (non-hydrogen) atoms. The summed E-state index contributed by atoms with van der Waals surface area (Å²) in [5, 5.41) is 0. The summed E-state index contributed by atoms with van der Waals surface area (Å²) in [6, 6.07) is 0. The summed E-state index contributed by atoms with van der Waals surface area (Å²) in [6.45, 7) is 4.70. The number of phosphoric ester groups is 1. The van der Waals surface area contributed by atoms with E-state index in [0.717, 1.165) is 57.8 Å². The van der Waals surface area contributed by atoms with Gasteiger partial charge in [-0.25, -0.2) is 4.57 Å². The summed E-state index contributed by atoms with van der Waals surface area (Å²) in [5.41, 5.74) is 5.36. The number of rotatable bonds is 39. The average molecular weight is 764 g/mol. The van der Waals surface area contributed by atoms with Crippen LogP contribution in [0.25, 0.3) is 0 Å². The highest BCUT2D eigenvalue weighted by atomic mass is 31.2. The van der Waals surface area contributed by atoms with Crippen molar-refractivity contribution in [3.8, 4) is 0 Å². The number of nitrogens with two attached hydrogens (primary N) is 1. The highest BCUT2D eigenvalue weighted by Crippen LogP contribution is 2.43. The Labute approximate surface area is 325 Å². The standard InChI is InChI=1S/C44H78NO7P/c1-3-5-7-9-11-13-15-17-19-21-23-25-27-29-31-33-35-37-44(46)52-43(42-51-53(47,48)50-40-38-45)41-49-39-36-34-32-30-28-26-24-22-20-18-16-14-12-10-8-6-4-2/h5,7,11,13,17,19-20,22-23,25,29,31,43H,3-4,6,8-10,12,14-16,18,21,24,26-28,30,32-42,45H2,1-2H3,(H,47,48)/b7-5-,13-11-,19-17-,22-20-,25-23-,31-29-. The van der Waals surface area contributed by atoms with E-state index < -0.39 is 19.9 Å². The van der Waals surface area contributed by atoms with E-state index in [2.05, 4.69) is 86.8 Å². The van der Waals surface area contributed by atoms with Gasteiger partial charge in [0, 0.05) is 19.6 Å².